The number of aryl methyl sites for hydroxylation is 4. The topological polar surface area (TPSA) is 159 Å². The number of carboxylic acids is 1. The monoisotopic (exact) mass is 967 g/mol. The van der Waals surface area contributed by atoms with Crippen molar-refractivity contribution in [1.82, 2.24) is 19.6 Å². The van der Waals surface area contributed by atoms with Crippen LogP contribution >= 0.6 is 0 Å². The summed E-state index contributed by atoms with van der Waals surface area (Å²) < 4.78 is 199. The summed E-state index contributed by atoms with van der Waals surface area (Å²) in [5.74, 6) is -1.83. The summed E-state index contributed by atoms with van der Waals surface area (Å²) in [7, 11) is 1.91. The first-order valence-corrected chi connectivity index (χ1v) is 18.7. The second-order valence-corrected chi connectivity index (χ2v) is 14.8. The summed E-state index contributed by atoms with van der Waals surface area (Å²) in [5.41, 5.74) is -3.49. The Hall–Kier alpha value is -6.31. The van der Waals surface area contributed by atoms with Crippen molar-refractivity contribution in [3.05, 3.63) is 99.1 Å². The van der Waals surface area contributed by atoms with Gasteiger partial charge in [0.2, 0.25) is 0 Å². The van der Waals surface area contributed by atoms with Crippen LogP contribution in [0.15, 0.2) is 58.8 Å². The number of ketones is 1. The number of aromatic nitrogens is 4. The number of oxime groups is 2. The normalized spacial score (nSPS) is 18.8. The molecule has 4 heterocycles. The van der Waals surface area contributed by atoms with Gasteiger partial charge in [0.25, 0.3) is 11.2 Å². The third kappa shape index (κ3) is 11.6. The van der Waals surface area contributed by atoms with Gasteiger partial charge < -0.3 is 20.5 Å². The van der Waals surface area contributed by atoms with Crippen LogP contribution < -0.4 is 5.73 Å². The lowest BCUT2D eigenvalue weighted by Gasteiger charge is -2.28. The zero-order valence-electron chi connectivity index (χ0n) is 34.7. The number of anilines is 1. The molecule has 2 aliphatic heterocycles. The maximum atomic E-state index is 14.0. The molecule has 0 amide bonds. The molecule has 2 aliphatic rings. The molecule has 0 bridgehead atoms. The molecule has 12 nitrogen and oxygen atoms in total. The van der Waals surface area contributed by atoms with Crippen molar-refractivity contribution in [2.75, 3.05) is 5.73 Å². The van der Waals surface area contributed by atoms with Crippen LogP contribution in [0.2, 0.25) is 0 Å². The summed E-state index contributed by atoms with van der Waals surface area (Å²) in [6.07, 6.45) is -28.4. The van der Waals surface area contributed by atoms with E-state index in [4.69, 9.17) is 20.5 Å². The SMILES string of the molecule is CCC(=O)O.Cc1cc(C2=NOC(c3cc(C(F)(F)F)nn3C)(C(F)(F)F)C2)ccc1CC(=O)CC(F)(F)F.Cc1cc(C2=NOC(c3cc(C(F)(F)F)nn3C)(C(F)(F)F)C2)ccc1N. The smallest absolute Gasteiger partial charge is 0.437 e. The Balaban J connectivity index is 0.000000267. The number of halogens is 15. The third-order valence-electron chi connectivity index (χ3n) is 9.91. The number of nitrogens with zero attached hydrogens (tertiary/aromatic N) is 6. The number of benzene rings is 2. The predicted octanol–water partition coefficient (Wildman–Crippen LogP) is 9.79. The third-order valence-corrected chi connectivity index (χ3v) is 9.91. The summed E-state index contributed by atoms with van der Waals surface area (Å²) in [6.45, 7) is 4.72. The van der Waals surface area contributed by atoms with Crippen molar-refractivity contribution in [2.45, 2.75) is 95.0 Å². The Morgan fingerprint density at radius 3 is 1.39 bits per heavy atom. The molecule has 0 radical (unpaired) electrons. The van der Waals surface area contributed by atoms with Crippen LogP contribution in [0.3, 0.4) is 0 Å². The van der Waals surface area contributed by atoms with Gasteiger partial charge in [-0.25, -0.2) is 0 Å². The molecule has 6 rings (SSSR count). The summed E-state index contributed by atoms with van der Waals surface area (Å²) >= 11 is 0. The van der Waals surface area contributed by atoms with Gasteiger partial charge in [0.15, 0.2) is 11.4 Å². The van der Waals surface area contributed by atoms with Crippen LogP contribution in [0.25, 0.3) is 0 Å². The molecule has 4 aromatic rings. The van der Waals surface area contributed by atoms with Gasteiger partial charge in [-0.15, -0.1) is 0 Å². The minimum Gasteiger partial charge on any atom is -0.481 e. The fraction of sp³-hybridized carbons (Fsp3) is 0.436. The van der Waals surface area contributed by atoms with E-state index < -0.39 is 102 Å². The maximum absolute atomic E-state index is 14.0. The molecule has 0 aliphatic carbocycles. The fourth-order valence-corrected chi connectivity index (χ4v) is 6.44. The van der Waals surface area contributed by atoms with Crippen molar-refractivity contribution in [3.8, 4) is 0 Å². The second-order valence-electron chi connectivity index (χ2n) is 14.8. The average Bonchev–Trinajstić information content (AvgIpc) is 3.98. The minimum absolute atomic E-state index is 0.0508. The Morgan fingerprint density at radius 2 is 1.08 bits per heavy atom. The number of rotatable bonds is 8. The summed E-state index contributed by atoms with van der Waals surface area (Å²) in [6, 6.07) is 8.94. The molecule has 0 spiro atoms. The van der Waals surface area contributed by atoms with E-state index in [1.54, 1.807) is 13.8 Å². The molecule has 362 valence electrons. The molecule has 0 saturated heterocycles. The number of carbonyl (C=O) groups excluding carboxylic acids is 1. The Morgan fingerprint density at radius 1 is 0.682 bits per heavy atom. The quantitative estimate of drug-likeness (QED) is 0.131. The van der Waals surface area contributed by atoms with Gasteiger partial charge in [-0.1, -0.05) is 35.4 Å². The van der Waals surface area contributed by atoms with Crippen LogP contribution in [0, 0.1) is 13.8 Å². The van der Waals surface area contributed by atoms with Crippen molar-refractivity contribution >= 4 is 28.9 Å². The first kappa shape index (κ1) is 52.3. The standard InChI is InChI=1S/C20H16F9N3O2.C16H14F6N4O.C3H6O2/c1-10-5-12(4-3-11(10)6-13(33)8-18(21,22)23)14-9-17(34-31-14,20(27,28)29)16-7-15(19(24,25)26)30-32(16)2;1-8-5-9(3-4-10(8)23)11-7-14(27-25-11,16(20,21)22)13-6-12(15(17,18)19)24-26(13)2;1-2-3(4)5/h3-5,7H,6,8-9H2,1-2H3;3-6H,7,23H2,1-2H3;2H2,1H3,(H,4,5). The van der Waals surface area contributed by atoms with Crippen LogP contribution in [-0.2, 0) is 63.3 Å². The number of carboxylic acid groups (broad SMARTS) is 1. The molecule has 66 heavy (non-hydrogen) atoms. The van der Waals surface area contributed by atoms with E-state index in [1.807, 2.05) is 0 Å². The van der Waals surface area contributed by atoms with Gasteiger partial charge >= 0.3 is 36.9 Å². The molecular formula is C39H36F15N7O5. The minimum atomic E-state index is -5.17. The van der Waals surface area contributed by atoms with E-state index in [0.717, 1.165) is 14.1 Å². The van der Waals surface area contributed by atoms with Crippen LogP contribution in [0.5, 0.6) is 0 Å². The summed E-state index contributed by atoms with van der Waals surface area (Å²) in [5, 5.41) is 21.0. The van der Waals surface area contributed by atoms with Crippen LogP contribution in [0.1, 0.15) is 83.2 Å². The van der Waals surface area contributed by atoms with Crippen LogP contribution in [0.4, 0.5) is 71.5 Å². The van der Waals surface area contributed by atoms with E-state index in [1.165, 1.54) is 43.3 Å². The molecule has 0 fully saturated rings. The zero-order valence-corrected chi connectivity index (χ0v) is 34.7. The molecule has 0 saturated carbocycles. The number of nitrogen functional groups attached to an aromatic ring is 1. The molecular weight excluding hydrogens is 931 g/mol. The van der Waals surface area contributed by atoms with Crippen molar-refractivity contribution in [2.24, 2.45) is 24.4 Å². The van der Waals surface area contributed by atoms with Crippen molar-refractivity contribution in [3.63, 3.8) is 0 Å². The number of alkyl halides is 15. The lowest BCUT2D eigenvalue weighted by atomic mass is 9.89. The van der Waals surface area contributed by atoms with E-state index in [-0.39, 0.29) is 35.0 Å². The van der Waals surface area contributed by atoms with Crippen molar-refractivity contribution < 1.29 is 90.2 Å². The number of aliphatic carboxylic acids is 1. The number of Topliss-reactive ketones (excluding diaryl/α,β-unsaturated/α-hetero) is 1. The van der Waals surface area contributed by atoms with Gasteiger partial charge in [-0.05, 0) is 72.0 Å². The highest BCUT2D eigenvalue weighted by Crippen LogP contribution is 2.51. The molecule has 2 aromatic heterocycles. The Kier molecular flexibility index (Phi) is 14.7. The van der Waals surface area contributed by atoms with E-state index in [0.29, 0.717) is 37.8 Å². The summed E-state index contributed by atoms with van der Waals surface area (Å²) in [4.78, 5) is 30.4. The number of nitrogens with two attached hydrogens (primary N) is 1. The van der Waals surface area contributed by atoms with Crippen LogP contribution in [-0.4, -0.2) is 66.4 Å². The van der Waals surface area contributed by atoms with E-state index in [2.05, 4.69) is 20.5 Å². The van der Waals surface area contributed by atoms with Gasteiger partial charge in [0.05, 0.1) is 35.7 Å². The predicted molar refractivity (Wildman–Crippen MR) is 200 cm³/mol. The Labute approximate surface area is 362 Å². The zero-order chi connectivity index (χ0) is 50.2. The molecule has 3 N–H and O–H groups in total. The average molecular weight is 968 g/mol. The van der Waals surface area contributed by atoms with E-state index >= 15 is 0 Å². The number of hydrogen-bond donors (Lipinski definition) is 2. The lowest BCUT2D eigenvalue weighted by molar-refractivity contribution is -0.278. The van der Waals surface area contributed by atoms with Gasteiger partial charge in [0.1, 0.15) is 12.2 Å². The lowest BCUT2D eigenvalue weighted by Crippen LogP contribution is -2.44. The van der Waals surface area contributed by atoms with Gasteiger partial charge in [-0.2, -0.15) is 76.1 Å². The molecule has 2 aromatic carbocycles. The van der Waals surface area contributed by atoms with Gasteiger partial charge in [-0.3, -0.25) is 19.0 Å². The second kappa shape index (κ2) is 18.5. The molecule has 2 atom stereocenters. The van der Waals surface area contributed by atoms with Gasteiger partial charge in [0, 0.05) is 32.6 Å². The first-order chi connectivity index (χ1) is 30.0. The fourth-order valence-electron chi connectivity index (χ4n) is 6.44. The first-order valence-electron chi connectivity index (χ1n) is 18.7. The number of carbonyl (C=O) groups is 2. The molecule has 2 unspecified atom stereocenters. The van der Waals surface area contributed by atoms with Crippen molar-refractivity contribution in [1.29, 1.82) is 0 Å². The highest BCUT2D eigenvalue weighted by Gasteiger charge is 2.65. The van der Waals surface area contributed by atoms with E-state index in [9.17, 15) is 75.4 Å². The molecule has 27 heteroatoms. The largest absolute Gasteiger partial charge is 0.481 e. The highest BCUT2D eigenvalue weighted by molar-refractivity contribution is 6.03. The highest BCUT2D eigenvalue weighted by atomic mass is 19.4. The Bertz CT molecular complexity index is 2500. The maximum Gasteiger partial charge on any atom is 0.437 e. The number of hydrogen-bond acceptors (Lipinski definition) is 9.